The van der Waals surface area contributed by atoms with Crippen molar-refractivity contribution < 1.29 is 0 Å². The summed E-state index contributed by atoms with van der Waals surface area (Å²) in [5.74, 6) is 1.17. The monoisotopic (exact) mass is 316 g/mol. The lowest BCUT2D eigenvalue weighted by molar-refractivity contribution is 0.160. The van der Waals surface area contributed by atoms with E-state index in [4.69, 9.17) is 28.9 Å². The van der Waals surface area contributed by atoms with E-state index >= 15 is 0 Å². The lowest BCUT2D eigenvalue weighted by Crippen LogP contribution is -2.38. The van der Waals surface area contributed by atoms with Crippen LogP contribution in [0.15, 0.2) is 18.2 Å². The van der Waals surface area contributed by atoms with Crippen LogP contribution in [0, 0.1) is 11.8 Å². The molecule has 1 rings (SSSR count). The van der Waals surface area contributed by atoms with Crippen LogP contribution in [-0.4, -0.2) is 24.5 Å². The molecule has 1 aromatic carbocycles. The number of hydrogen-bond donors (Lipinski definition) is 1. The Kier molecular flexibility index (Phi) is 7.32. The quantitative estimate of drug-likeness (QED) is 0.796. The van der Waals surface area contributed by atoms with Crippen LogP contribution >= 0.6 is 23.2 Å². The van der Waals surface area contributed by atoms with Crippen LogP contribution in [0.2, 0.25) is 10.0 Å². The number of halogens is 2. The molecular weight excluding hydrogens is 291 g/mol. The first-order valence-corrected chi connectivity index (χ1v) is 7.99. The van der Waals surface area contributed by atoms with E-state index in [1.165, 1.54) is 0 Å². The Hall–Kier alpha value is -0.280. The first kappa shape index (κ1) is 17.8. The molecule has 0 aliphatic carbocycles. The van der Waals surface area contributed by atoms with Crippen molar-refractivity contribution in [2.24, 2.45) is 17.6 Å². The Morgan fingerprint density at radius 3 is 2.05 bits per heavy atom. The molecule has 0 aliphatic heterocycles. The van der Waals surface area contributed by atoms with Gasteiger partial charge in [0.2, 0.25) is 0 Å². The third kappa shape index (κ3) is 5.25. The summed E-state index contributed by atoms with van der Waals surface area (Å²) in [7, 11) is 0. The lowest BCUT2D eigenvalue weighted by Gasteiger charge is -2.34. The molecule has 0 aliphatic rings. The van der Waals surface area contributed by atoms with Crippen molar-refractivity contribution in [3.8, 4) is 0 Å². The molecule has 0 spiro atoms. The van der Waals surface area contributed by atoms with Crippen molar-refractivity contribution in [2.75, 3.05) is 19.6 Å². The Morgan fingerprint density at radius 2 is 1.60 bits per heavy atom. The fourth-order valence-corrected chi connectivity index (χ4v) is 2.93. The van der Waals surface area contributed by atoms with Crippen molar-refractivity contribution in [3.63, 3.8) is 0 Å². The van der Waals surface area contributed by atoms with Crippen molar-refractivity contribution in [1.82, 2.24) is 4.90 Å². The smallest absolute Gasteiger partial charge is 0.0485 e. The predicted molar refractivity (Wildman–Crippen MR) is 89.5 cm³/mol. The molecule has 0 aromatic heterocycles. The maximum absolute atomic E-state index is 6.35. The van der Waals surface area contributed by atoms with Gasteiger partial charge in [-0.3, -0.25) is 4.90 Å². The Bertz CT molecular complexity index is 409. The van der Waals surface area contributed by atoms with Gasteiger partial charge in [0, 0.05) is 35.7 Å². The maximum Gasteiger partial charge on any atom is 0.0485 e. The zero-order chi connectivity index (χ0) is 15.3. The molecule has 2 nitrogen and oxygen atoms in total. The fourth-order valence-electron chi connectivity index (χ4n) is 2.51. The zero-order valence-electron chi connectivity index (χ0n) is 12.9. The minimum Gasteiger partial charge on any atom is -0.329 e. The summed E-state index contributed by atoms with van der Waals surface area (Å²) in [6, 6.07) is 5.72. The van der Waals surface area contributed by atoms with Crippen LogP contribution in [0.25, 0.3) is 0 Å². The molecule has 114 valence electrons. The van der Waals surface area contributed by atoms with Gasteiger partial charge in [0.05, 0.1) is 0 Å². The van der Waals surface area contributed by atoms with E-state index in [9.17, 15) is 0 Å². The van der Waals surface area contributed by atoms with Gasteiger partial charge in [-0.25, -0.2) is 0 Å². The molecule has 1 atom stereocenters. The molecule has 0 radical (unpaired) electrons. The number of hydrogen-bond acceptors (Lipinski definition) is 2. The second kappa shape index (κ2) is 8.23. The molecule has 4 heteroatoms. The summed E-state index contributed by atoms with van der Waals surface area (Å²) >= 11 is 12.5. The van der Waals surface area contributed by atoms with E-state index in [-0.39, 0.29) is 6.04 Å². The van der Waals surface area contributed by atoms with Gasteiger partial charge in [0.1, 0.15) is 0 Å². The minimum absolute atomic E-state index is 0.117. The fraction of sp³-hybridized carbons (Fsp3) is 0.625. The Morgan fingerprint density at radius 1 is 1.05 bits per heavy atom. The third-order valence-electron chi connectivity index (χ3n) is 3.18. The highest BCUT2D eigenvalue weighted by molar-refractivity contribution is 6.33. The van der Waals surface area contributed by atoms with Crippen LogP contribution in [0.3, 0.4) is 0 Å². The van der Waals surface area contributed by atoms with Crippen LogP contribution in [0.1, 0.15) is 39.3 Å². The maximum atomic E-state index is 6.35. The first-order valence-electron chi connectivity index (χ1n) is 7.24. The van der Waals surface area contributed by atoms with Gasteiger partial charge < -0.3 is 5.73 Å². The van der Waals surface area contributed by atoms with Gasteiger partial charge in [0.25, 0.3) is 0 Å². The van der Waals surface area contributed by atoms with Crippen molar-refractivity contribution in [2.45, 2.75) is 33.7 Å². The van der Waals surface area contributed by atoms with Crippen LogP contribution < -0.4 is 5.73 Å². The topological polar surface area (TPSA) is 29.3 Å². The predicted octanol–water partition coefficient (Wildman–Crippen LogP) is 4.61. The van der Waals surface area contributed by atoms with Gasteiger partial charge in [-0.05, 0) is 35.6 Å². The van der Waals surface area contributed by atoms with Crippen molar-refractivity contribution >= 4 is 23.2 Å². The average Bonchev–Trinajstić information content (AvgIpc) is 2.32. The van der Waals surface area contributed by atoms with Crippen LogP contribution in [0.5, 0.6) is 0 Å². The molecule has 0 saturated heterocycles. The molecular formula is C16H26Cl2N2. The van der Waals surface area contributed by atoms with E-state index in [2.05, 4.69) is 32.6 Å². The molecule has 2 N–H and O–H groups in total. The summed E-state index contributed by atoms with van der Waals surface area (Å²) < 4.78 is 0. The van der Waals surface area contributed by atoms with Gasteiger partial charge in [-0.15, -0.1) is 0 Å². The Balaban J connectivity index is 3.07. The number of nitrogens with zero attached hydrogens (tertiary/aromatic N) is 1. The van der Waals surface area contributed by atoms with Crippen LogP contribution in [0.4, 0.5) is 0 Å². The van der Waals surface area contributed by atoms with Crippen molar-refractivity contribution in [1.29, 1.82) is 0 Å². The second-order valence-corrected chi connectivity index (χ2v) is 7.00. The molecule has 1 unspecified atom stereocenters. The summed E-state index contributed by atoms with van der Waals surface area (Å²) in [6.45, 7) is 11.4. The Labute approximate surface area is 133 Å². The molecule has 0 saturated carbocycles. The van der Waals surface area contributed by atoms with Crippen molar-refractivity contribution in [3.05, 3.63) is 33.8 Å². The van der Waals surface area contributed by atoms with Gasteiger partial charge in [-0.2, -0.15) is 0 Å². The van der Waals surface area contributed by atoms with E-state index in [0.29, 0.717) is 23.4 Å². The van der Waals surface area contributed by atoms with E-state index < -0.39 is 0 Å². The normalized spacial score (nSPS) is 13.5. The van der Waals surface area contributed by atoms with Gasteiger partial charge in [0.15, 0.2) is 0 Å². The second-order valence-electron chi connectivity index (χ2n) is 6.16. The highest BCUT2D eigenvalue weighted by atomic mass is 35.5. The summed E-state index contributed by atoms with van der Waals surface area (Å²) in [5, 5.41) is 1.44. The summed E-state index contributed by atoms with van der Waals surface area (Å²) in [5.41, 5.74) is 7.06. The zero-order valence-corrected chi connectivity index (χ0v) is 14.4. The minimum atomic E-state index is 0.117. The molecule has 0 fully saturated rings. The number of benzene rings is 1. The summed E-state index contributed by atoms with van der Waals surface area (Å²) in [6.07, 6.45) is 0. The highest BCUT2D eigenvalue weighted by Gasteiger charge is 2.23. The van der Waals surface area contributed by atoms with E-state index in [1.54, 1.807) is 0 Å². The van der Waals surface area contributed by atoms with E-state index in [1.807, 2.05) is 18.2 Å². The molecule has 20 heavy (non-hydrogen) atoms. The van der Waals surface area contributed by atoms with Crippen LogP contribution in [-0.2, 0) is 0 Å². The molecule has 1 aromatic rings. The molecule has 0 bridgehead atoms. The van der Waals surface area contributed by atoms with E-state index in [0.717, 1.165) is 23.7 Å². The van der Waals surface area contributed by atoms with Gasteiger partial charge >= 0.3 is 0 Å². The first-order chi connectivity index (χ1) is 9.35. The average molecular weight is 317 g/mol. The SMILES string of the molecule is CC(C)CN(CC(C)C)C(CN)c1cc(Cl)ccc1Cl. The third-order valence-corrected chi connectivity index (χ3v) is 3.76. The molecule has 0 heterocycles. The highest BCUT2D eigenvalue weighted by Crippen LogP contribution is 2.30. The standard InChI is InChI=1S/C16H26Cl2N2/c1-11(2)9-20(10-12(3)4)16(8-19)14-7-13(17)5-6-15(14)18/h5-7,11-12,16H,8-10,19H2,1-4H3. The lowest BCUT2D eigenvalue weighted by atomic mass is 10.0. The largest absolute Gasteiger partial charge is 0.329 e. The molecule has 0 amide bonds. The summed E-state index contributed by atoms with van der Waals surface area (Å²) in [4.78, 5) is 2.42. The number of rotatable bonds is 7. The van der Waals surface area contributed by atoms with Gasteiger partial charge in [-0.1, -0.05) is 50.9 Å². The number of nitrogens with two attached hydrogens (primary N) is 1.